The second-order valence-corrected chi connectivity index (χ2v) is 5.66. The normalized spacial score (nSPS) is 11.5. The molecule has 1 aromatic heterocycles. The largest absolute Gasteiger partial charge is 0.392 e. The summed E-state index contributed by atoms with van der Waals surface area (Å²) in [6, 6.07) is 7.12. The summed E-state index contributed by atoms with van der Waals surface area (Å²) in [5, 5.41) is 14.9. The number of aromatic amines is 1. The summed E-state index contributed by atoms with van der Waals surface area (Å²) in [7, 11) is -3.76. The zero-order valence-corrected chi connectivity index (χ0v) is 11.2. The van der Waals surface area contributed by atoms with Crippen LogP contribution in [0, 0.1) is 0 Å². The number of benzene rings is 1. The minimum Gasteiger partial charge on any atom is -0.392 e. The summed E-state index contributed by atoms with van der Waals surface area (Å²) in [4.78, 5) is 0. The molecule has 0 spiro atoms. The maximum atomic E-state index is 12.1. The number of aromatic nitrogens is 2. The number of hydrogen-bond donors (Lipinski definition) is 3. The molecule has 1 heterocycles. The molecule has 2 aromatic rings. The van der Waals surface area contributed by atoms with Gasteiger partial charge in [0.2, 0.25) is 0 Å². The molecule has 0 aliphatic carbocycles. The van der Waals surface area contributed by atoms with Crippen molar-refractivity contribution in [3.05, 3.63) is 41.6 Å². The van der Waals surface area contributed by atoms with Gasteiger partial charge in [0.25, 0.3) is 10.0 Å². The fourth-order valence-electron chi connectivity index (χ4n) is 1.66. The van der Waals surface area contributed by atoms with Gasteiger partial charge in [-0.05, 0) is 24.1 Å². The van der Waals surface area contributed by atoms with Crippen LogP contribution >= 0.6 is 0 Å². The van der Waals surface area contributed by atoms with Crippen LogP contribution in [0.4, 0.5) is 5.69 Å². The van der Waals surface area contributed by atoms with Crippen molar-refractivity contribution in [1.82, 2.24) is 10.2 Å². The first kappa shape index (κ1) is 13.6. The van der Waals surface area contributed by atoms with Crippen LogP contribution in [0.3, 0.4) is 0 Å². The van der Waals surface area contributed by atoms with Crippen molar-refractivity contribution in [2.75, 3.05) is 4.72 Å². The molecule has 0 saturated carbocycles. The van der Waals surface area contributed by atoms with E-state index in [4.69, 9.17) is 5.11 Å². The summed E-state index contributed by atoms with van der Waals surface area (Å²) >= 11 is 0. The number of rotatable bonds is 5. The summed E-state index contributed by atoms with van der Waals surface area (Å²) in [5.41, 5.74) is 1.83. The van der Waals surface area contributed by atoms with E-state index in [0.717, 1.165) is 12.0 Å². The monoisotopic (exact) mass is 281 g/mol. The lowest BCUT2D eigenvalue weighted by Gasteiger charge is -2.08. The Kier molecular flexibility index (Phi) is 3.87. The number of nitrogens with one attached hydrogen (secondary N) is 2. The Labute approximate surface area is 111 Å². The molecular weight excluding hydrogens is 266 g/mol. The van der Waals surface area contributed by atoms with E-state index >= 15 is 0 Å². The lowest BCUT2D eigenvalue weighted by Crippen LogP contribution is -2.15. The maximum absolute atomic E-state index is 12.1. The van der Waals surface area contributed by atoms with E-state index in [2.05, 4.69) is 14.9 Å². The Balaban J connectivity index is 2.26. The van der Waals surface area contributed by atoms with Gasteiger partial charge in [-0.3, -0.25) is 9.82 Å². The topological polar surface area (TPSA) is 95.1 Å². The number of nitrogens with zero attached hydrogens (tertiary/aromatic N) is 1. The zero-order chi connectivity index (χ0) is 13.9. The van der Waals surface area contributed by atoms with Crippen LogP contribution in [0.1, 0.15) is 18.1 Å². The number of hydrogen-bond acceptors (Lipinski definition) is 4. The number of sulfonamides is 1. The second-order valence-electron chi connectivity index (χ2n) is 4.04. The highest BCUT2D eigenvalue weighted by molar-refractivity contribution is 7.92. The lowest BCUT2D eigenvalue weighted by atomic mass is 10.2. The van der Waals surface area contributed by atoms with Crippen molar-refractivity contribution in [2.45, 2.75) is 25.0 Å². The quantitative estimate of drug-likeness (QED) is 0.769. The van der Waals surface area contributed by atoms with Gasteiger partial charge in [-0.25, -0.2) is 0 Å². The van der Waals surface area contributed by atoms with Gasteiger partial charge in [0, 0.05) is 11.3 Å². The Morgan fingerprint density at radius 1 is 1.32 bits per heavy atom. The molecule has 0 fully saturated rings. The van der Waals surface area contributed by atoms with Gasteiger partial charge in [-0.1, -0.05) is 19.1 Å². The van der Waals surface area contributed by atoms with Crippen molar-refractivity contribution in [1.29, 1.82) is 0 Å². The van der Waals surface area contributed by atoms with Gasteiger partial charge in [0.15, 0.2) is 5.03 Å². The molecule has 0 saturated heterocycles. The maximum Gasteiger partial charge on any atom is 0.279 e. The van der Waals surface area contributed by atoms with Crippen molar-refractivity contribution in [3.8, 4) is 0 Å². The van der Waals surface area contributed by atoms with E-state index < -0.39 is 10.0 Å². The fraction of sp³-hybridized carbons (Fsp3) is 0.250. The third kappa shape index (κ3) is 2.94. The van der Waals surface area contributed by atoms with E-state index in [1.807, 2.05) is 19.1 Å². The minimum absolute atomic E-state index is 0.116. The molecule has 102 valence electrons. The van der Waals surface area contributed by atoms with E-state index in [0.29, 0.717) is 5.69 Å². The molecule has 0 bridgehead atoms. The number of aliphatic hydroxyl groups excluding tert-OH is 1. The van der Waals surface area contributed by atoms with E-state index in [1.165, 1.54) is 6.20 Å². The molecule has 0 amide bonds. The van der Waals surface area contributed by atoms with Gasteiger partial charge < -0.3 is 5.11 Å². The van der Waals surface area contributed by atoms with Crippen LogP contribution in [-0.4, -0.2) is 23.7 Å². The Morgan fingerprint density at radius 2 is 2.00 bits per heavy atom. The van der Waals surface area contributed by atoms with Gasteiger partial charge >= 0.3 is 0 Å². The first-order valence-electron chi connectivity index (χ1n) is 5.81. The Hall–Kier alpha value is -1.86. The molecule has 0 unspecified atom stereocenters. The third-order valence-electron chi connectivity index (χ3n) is 2.73. The molecule has 7 heteroatoms. The number of aryl methyl sites for hydroxylation is 1. The first-order valence-corrected chi connectivity index (χ1v) is 7.30. The highest BCUT2D eigenvalue weighted by Crippen LogP contribution is 2.18. The summed E-state index contributed by atoms with van der Waals surface area (Å²) in [6.45, 7) is 1.64. The van der Waals surface area contributed by atoms with E-state index in [9.17, 15) is 8.42 Å². The summed E-state index contributed by atoms with van der Waals surface area (Å²) in [6.07, 6.45) is 2.18. The third-order valence-corrected chi connectivity index (χ3v) is 4.13. The van der Waals surface area contributed by atoms with Crippen molar-refractivity contribution < 1.29 is 13.5 Å². The van der Waals surface area contributed by atoms with E-state index in [1.54, 1.807) is 12.1 Å². The van der Waals surface area contributed by atoms with E-state index in [-0.39, 0.29) is 17.2 Å². The van der Waals surface area contributed by atoms with Gasteiger partial charge in [0.1, 0.15) is 0 Å². The van der Waals surface area contributed by atoms with Gasteiger partial charge in [-0.2, -0.15) is 13.5 Å². The highest BCUT2D eigenvalue weighted by Gasteiger charge is 2.20. The van der Waals surface area contributed by atoms with Crippen molar-refractivity contribution in [2.24, 2.45) is 0 Å². The number of aliphatic hydroxyl groups is 1. The predicted molar refractivity (Wildman–Crippen MR) is 71.1 cm³/mol. The average molecular weight is 281 g/mol. The molecule has 0 radical (unpaired) electrons. The molecular formula is C12H15N3O3S. The van der Waals surface area contributed by atoms with Crippen LogP contribution in [0.2, 0.25) is 0 Å². The Bertz CT molecular complexity index is 647. The second kappa shape index (κ2) is 5.41. The summed E-state index contributed by atoms with van der Waals surface area (Å²) in [5.74, 6) is 0. The van der Waals surface area contributed by atoms with Crippen LogP contribution in [0.15, 0.2) is 35.5 Å². The SMILES string of the molecule is CCc1ccc(NS(=O)(=O)c2[nH]ncc2CO)cc1. The van der Waals surface area contributed by atoms with Crippen molar-refractivity contribution >= 4 is 15.7 Å². The minimum atomic E-state index is -3.76. The molecule has 19 heavy (non-hydrogen) atoms. The Morgan fingerprint density at radius 3 is 2.58 bits per heavy atom. The number of anilines is 1. The summed E-state index contributed by atoms with van der Waals surface area (Å²) < 4.78 is 26.6. The van der Waals surface area contributed by atoms with Crippen LogP contribution in [0.5, 0.6) is 0 Å². The smallest absolute Gasteiger partial charge is 0.279 e. The lowest BCUT2D eigenvalue weighted by molar-refractivity contribution is 0.278. The fourth-order valence-corrected chi connectivity index (χ4v) is 2.84. The molecule has 6 nitrogen and oxygen atoms in total. The molecule has 2 rings (SSSR count). The average Bonchev–Trinajstić information content (AvgIpc) is 2.88. The van der Waals surface area contributed by atoms with Gasteiger partial charge in [0.05, 0.1) is 12.8 Å². The standard InChI is InChI=1S/C12H15N3O3S/c1-2-9-3-5-11(6-4-9)15-19(17,18)12-10(8-16)7-13-14-12/h3-7,15-16H,2,8H2,1H3,(H,13,14). The molecule has 0 aliphatic rings. The molecule has 0 aliphatic heterocycles. The number of H-pyrrole nitrogens is 1. The molecule has 0 atom stereocenters. The first-order chi connectivity index (χ1) is 9.06. The molecule has 1 aromatic carbocycles. The zero-order valence-electron chi connectivity index (χ0n) is 10.4. The van der Waals surface area contributed by atoms with Crippen molar-refractivity contribution in [3.63, 3.8) is 0 Å². The van der Waals surface area contributed by atoms with Crippen LogP contribution in [-0.2, 0) is 23.1 Å². The van der Waals surface area contributed by atoms with Crippen LogP contribution in [0.25, 0.3) is 0 Å². The van der Waals surface area contributed by atoms with Gasteiger partial charge in [-0.15, -0.1) is 0 Å². The predicted octanol–water partition coefficient (Wildman–Crippen LogP) is 1.27. The van der Waals surface area contributed by atoms with Crippen LogP contribution < -0.4 is 4.72 Å². The highest BCUT2D eigenvalue weighted by atomic mass is 32.2. The molecule has 3 N–H and O–H groups in total.